The van der Waals surface area contributed by atoms with E-state index in [0.717, 1.165) is 218 Å². The van der Waals surface area contributed by atoms with Gasteiger partial charge in [0.05, 0.1) is 26.4 Å². The molecule has 5 atom stereocenters. The molecule has 0 saturated carbocycles. The van der Waals surface area contributed by atoms with Crippen molar-refractivity contribution in [2.75, 3.05) is 39.6 Å². The van der Waals surface area contributed by atoms with Crippen LogP contribution in [0.25, 0.3) is 0 Å². The number of carbonyl (C=O) groups is 4. The van der Waals surface area contributed by atoms with Crippen molar-refractivity contribution in [3.8, 4) is 0 Å². The summed E-state index contributed by atoms with van der Waals surface area (Å²) in [5.74, 6) is -2.22. The zero-order chi connectivity index (χ0) is 78.9. The molecule has 0 heterocycles. The van der Waals surface area contributed by atoms with Crippen LogP contribution in [0.3, 0.4) is 0 Å². The van der Waals surface area contributed by atoms with E-state index in [-0.39, 0.29) is 25.7 Å². The Labute approximate surface area is 656 Å². The number of hydrogen-bond acceptors (Lipinski definition) is 15. The molecule has 0 aliphatic heterocycles. The van der Waals surface area contributed by atoms with Gasteiger partial charge in [0.15, 0.2) is 12.2 Å². The molecular formula is C89H152O17P2. The van der Waals surface area contributed by atoms with Gasteiger partial charge in [0, 0.05) is 25.7 Å². The van der Waals surface area contributed by atoms with Gasteiger partial charge in [0.1, 0.15) is 19.3 Å². The first-order valence-corrected chi connectivity index (χ1v) is 45.4. The Balaban J connectivity index is 5.37. The Hall–Kier alpha value is -4.80. The van der Waals surface area contributed by atoms with Gasteiger partial charge < -0.3 is 33.8 Å². The molecule has 0 spiro atoms. The summed E-state index contributed by atoms with van der Waals surface area (Å²) in [6.45, 7) is 4.65. The smallest absolute Gasteiger partial charge is 0.462 e. The van der Waals surface area contributed by atoms with Crippen molar-refractivity contribution in [3.63, 3.8) is 0 Å². The van der Waals surface area contributed by atoms with E-state index in [9.17, 15) is 43.2 Å². The van der Waals surface area contributed by atoms with E-state index < -0.39 is 97.5 Å². The zero-order valence-electron chi connectivity index (χ0n) is 68.0. The number of phosphoric acid groups is 2. The summed E-state index contributed by atoms with van der Waals surface area (Å²) < 4.78 is 68.7. The number of ether oxygens (including phenoxy) is 4. The number of hydrogen-bond donors (Lipinski definition) is 3. The monoisotopic (exact) mass is 1560 g/mol. The van der Waals surface area contributed by atoms with Crippen LogP contribution in [0, 0.1) is 0 Å². The predicted molar refractivity (Wildman–Crippen MR) is 445 cm³/mol. The molecule has 0 radical (unpaired) electrons. The molecule has 3 N–H and O–H groups in total. The number of esters is 4. The number of aliphatic hydroxyl groups is 1. The molecule has 620 valence electrons. The second-order valence-electron chi connectivity index (χ2n) is 28.0. The topological polar surface area (TPSA) is 237 Å². The van der Waals surface area contributed by atoms with Crippen LogP contribution in [0.4, 0.5) is 0 Å². The van der Waals surface area contributed by atoms with Gasteiger partial charge in [-0.15, -0.1) is 0 Å². The summed E-state index contributed by atoms with van der Waals surface area (Å²) >= 11 is 0. The highest BCUT2D eigenvalue weighted by molar-refractivity contribution is 7.47. The fraction of sp³-hybridized carbons (Fsp3) is 0.708. The molecule has 5 unspecified atom stereocenters. The summed E-state index contributed by atoms with van der Waals surface area (Å²) in [5.41, 5.74) is 0. The Morgan fingerprint density at radius 1 is 0.269 bits per heavy atom. The fourth-order valence-electron chi connectivity index (χ4n) is 11.1. The van der Waals surface area contributed by atoms with Gasteiger partial charge in [-0.2, -0.15) is 0 Å². The zero-order valence-corrected chi connectivity index (χ0v) is 69.8. The summed E-state index contributed by atoms with van der Waals surface area (Å²) in [7, 11) is -9.98. The highest BCUT2D eigenvalue weighted by Crippen LogP contribution is 2.45. The molecule has 0 aliphatic rings. The van der Waals surface area contributed by atoms with Crippen LogP contribution in [0.5, 0.6) is 0 Å². The fourth-order valence-corrected chi connectivity index (χ4v) is 12.7. The number of allylic oxidation sites excluding steroid dienone is 22. The molecule has 0 fully saturated rings. The normalized spacial score (nSPS) is 14.5. The molecule has 17 nitrogen and oxygen atoms in total. The van der Waals surface area contributed by atoms with Crippen molar-refractivity contribution in [1.29, 1.82) is 0 Å². The summed E-state index contributed by atoms with van der Waals surface area (Å²) in [6, 6.07) is 0. The van der Waals surface area contributed by atoms with Crippen molar-refractivity contribution in [2.45, 2.75) is 367 Å². The lowest BCUT2D eigenvalue weighted by Crippen LogP contribution is -2.30. The molecule has 0 saturated heterocycles. The molecule has 0 aliphatic carbocycles. The summed E-state index contributed by atoms with van der Waals surface area (Å²) in [4.78, 5) is 73.2. The Bertz CT molecular complexity index is 2560. The molecule has 0 aromatic rings. The number of phosphoric ester groups is 2. The van der Waals surface area contributed by atoms with Gasteiger partial charge in [-0.3, -0.25) is 37.3 Å². The highest BCUT2D eigenvalue weighted by atomic mass is 31.2. The quantitative estimate of drug-likeness (QED) is 0.0169. The molecule has 0 aromatic heterocycles. The molecule has 0 rings (SSSR count). The van der Waals surface area contributed by atoms with Gasteiger partial charge in [-0.25, -0.2) is 9.13 Å². The SMILES string of the molecule is CC/C=C\C/C=C\C/C=C\C/C=C\CCCCCCCCC(=O)OCC(COP(=O)(O)OCC(O)COP(=O)(O)OCC(COC(=O)CCCCCCCC/C=C\C/C=C\C/C=C\CCCCC)OC(=O)CCCCCCC/C=C\CCCC)OC(=O)CCCCCCCC/C=C\C/C=C\C/C=C\CCCCC. The number of carbonyl (C=O) groups excluding carboxylic acids is 4. The molecule has 0 bridgehead atoms. The lowest BCUT2D eigenvalue weighted by Gasteiger charge is -2.21. The van der Waals surface area contributed by atoms with Crippen molar-refractivity contribution in [2.24, 2.45) is 0 Å². The second kappa shape index (κ2) is 80.3. The molecule has 108 heavy (non-hydrogen) atoms. The third kappa shape index (κ3) is 79.3. The number of rotatable bonds is 79. The minimum Gasteiger partial charge on any atom is -0.462 e. The van der Waals surface area contributed by atoms with E-state index >= 15 is 0 Å². The van der Waals surface area contributed by atoms with Crippen LogP contribution in [0.15, 0.2) is 134 Å². The second-order valence-corrected chi connectivity index (χ2v) is 30.9. The van der Waals surface area contributed by atoms with E-state index in [1.54, 1.807) is 0 Å². The van der Waals surface area contributed by atoms with Gasteiger partial charge >= 0.3 is 39.5 Å². The van der Waals surface area contributed by atoms with Crippen LogP contribution < -0.4 is 0 Å². The highest BCUT2D eigenvalue weighted by Gasteiger charge is 2.30. The van der Waals surface area contributed by atoms with Crippen LogP contribution >= 0.6 is 15.6 Å². The maximum absolute atomic E-state index is 13.1. The van der Waals surface area contributed by atoms with Crippen LogP contribution in [0.1, 0.15) is 349 Å². The first-order chi connectivity index (χ1) is 52.7. The van der Waals surface area contributed by atoms with Gasteiger partial charge in [0.2, 0.25) is 0 Å². The lowest BCUT2D eigenvalue weighted by atomic mass is 10.1. The van der Waals surface area contributed by atoms with Crippen molar-refractivity contribution in [1.82, 2.24) is 0 Å². The molecule has 0 aromatic carbocycles. The molecule has 0 amide bonds. The minimum atomic E-state index is -4.99. The summed E-state index contributed by atoms with van der Waals surface area (Å²) in [6.07, 6.45) is 91.3. The Kier molecular flexibility index (Phi) is 76.7. The maximum atomic E-state index is 13.1. The Morgan fingerprint density at radius 2 is 0.491 bits per heavy atom. The first-order valence-electron chi connectivity index (χ1n) is 42.4. The van der Waals surface area contributed by atoms with Crippen LogP contribution in [-0.4, -0.2) is 96.7 Å². The third-order valence-electron chi connectivity index (χ3n) is 17.6. The van der Waals surface area contributed by atoms with E-state index in [1.807, 2.05) is 0 Å². The lowest BCUT2D eigenvalue weighted by molar-refractivity contribution is -0.161. The first kappa shape index (κ1) is 103. The average molecular weight is 1560 g/mol. The maximum Gasteiger partial charge on any atom is 0.472 e. The van der Waals surface area contributed by atoms with Crippen molar-refractivity contribution in [3.05, 3.63) is 134 Å². The number of aliphatic hydroxyl groups excluding tert-OH is 1. The third-order valence-corrected chi connectivity index (χ3v) is 19.5. The molecule has 19 heteroatoms. The number of unbranched alkanes of at least 4 members (excludes halogenated alkanes) is 31. The van der Waals surface area contributed by atoms with Crippen LogP contribution in [-0.2, 0) is 65.4 Å². The standard InChI is InChI=1S/C89H152O17P2/c1-5-9-13-17-21-25-29-32-35-38-41-44-47-50-54-57-61-65-69-73-86(91)99-79-84(105-88(93)75-71-67-63-59-53-28-24-20-16-12-8-4)81-103-107(95,96)101-77-83(90)78-102-108(97,98)104-82-85(106-89(94)76-72-68-64-60-56-52-49-46-43-40-37-34-31-27-23-19-15-11-7-3)80-100-87(92)74-70-66-62-58-55-51-48-45-42-39-36-33-30-26-22-18-14-10-6-2/h10,14,20-27,32-37,41-46,83-85,90H,5-9,11-13,15-19,28-31,38-40,47-82H2,1-4H3,(H,95,96)(H,97,98)/b14-10-,24-20-,25-21-,26-22-,27-23-,35-32-,36-33-,37-34-,44-41-,45-42-,46-43-. The van der Waals surface area contributed by atoms with Gasteiger partial charge in [-0.1, -0.05) is 296 Å². The van der Waals surface area contributed by atoms with Crippen LogP contribution in [0.2, 0.25) is 0 Å². The predicted octanol–water partition coefficient (Wildman–Crippen LogP) is 25.2. The van der Waals surface area contributed by atoms with E-state index in [4.69, 9.17) is 37.0 Å². The van der Waals surface area contributed by atoms with E-state index in [1.165, 1.54) is 51.4 Å². The Morgan fingerprint density at radius 3 is 0.778 bits per heavy atom. The molecular weight excluding hydrogens is 1400 g/mol. The van der Waals surface area contributed by atoms with Gasteiger partial charge in [-0.05, 0) is 161 Å². The van der Waals surface area contributed by atoms with E-state index in [2.05, 4.69) is 161 Å². The van der Waals surface area contributed by atoms with Gasteiger partial charge in [0.25, 0.3) is 0 Å². The minimum absolute atomic E-state index is 0.0740. The van der Waals surface area contributed by atoms with Crippen molar-refractivity contribution >= 4 is 39.5 Å². The summed E-state index contributed by atoms with van der Waals surface area (Å²) in [5, 5.41) is 10.7. The van der Waals surface area contributed by atoms with E-state index in [0.29, 0.717) is 25.7 Å². The largest absolute Gasteiger partial charge is 0.472 e. The average Bonchev–Trinajstić information content (AvgIpc) is 0.917. The van der Waals surface area contributed by atoms with Crippen molar-refractivity contribution < 1.29 is 80.2 Å².